The smallest absolute Gasteiger partial charge is 0.286 e. The molecule has 0 N–H and O–H groups in total. The lowest BCUT2D eigenvalue weighted by Crippen LogP contribution is -2.11. The number of nitrogens with zero attached hydrogens (tertiary/aromatic N) is 1. The molecule has 16 heavy (non-hydrogen) atoms. The third-order valence-corrected chi connectivity index (χ3v) is 2.43. The lowest BCUT2D eigenvalue weighted by Gasteiger charge is -2.09. The van der Waals surface area contributed by atoms with E-state index in [1.807, 2.05) is 12.2 Å². The lowest BCUT2D eigenvalue weighted by molar-refractivity contribution is 0.249. The molecule has 1 amide bonds. The highest BCUT2D eigenvalue weighted by Gasteiger charge is 1.99. The molecule has 0 bridgehead atoms. The molecule has 0 rings (SSSR count). The summed E-state index contributed by atoms with van der Waals surface area (Å²) in [5.41, 5.74) is 0. The van der Waals surface area contributed by atoms with Crippen molar-refractivity contribution < 1.29 is 4.79 Å². The van der Waals surface area contributed by atoms with E-state index >= 15 is 0 Å². The van der Waals surface area contributed by atoms with E-state index in [9.17, 15) is 4.79 Å². The Labute approximate surface area is 105 Å². The summed E-state index contributed by atoms with van der Waals surface area (Å²) in [6.45, 7) is 4.31. The Kier molecular flexibility index (Phi) is 10.3. The van der Waals surface area contributed by atoms with Gasteiger partial charge in [0.15, 0.2) is 0 Å². The van der Waals surface area contributed by atoms with Crippen molar-refractivity contribution in [1.82, 2.24) is 4.90 Å². The molecular weight excluding hydrogens is 218 g/mol. The highest BCUT2D eigenvalue weighted by Crippen LogP contribution is 2.04. The van der Waals surface area contributed by atoms with Crippen LogP contribution in [-0.2, 0) is 0 Å². The van der Waals surface area contributed by atoms with E-state index in [0.717, 1.165) is 25.7 Å². The van der Waals surface area contributed by atoms with Crippen LogP contribution in [0, 0.1) is 0 Å². The SMILES string of the molecule is CCCCC=CN(C=CCCCC)C(=O)S. The standard InChI is InChI=1S/C13H23NOS/c1-3-5-7-9-11-14(13(15)16)12-10-8-6-4-2/h9-12H,3-8H2,1-2H3,(H,15,16). The van der Waals surface area contributed by atoms with Crippen molar-refractivity contribution in [3.05, 3.63) is 24.6 Å². The number of hydrogen-bond acceptors (Lipinski definition) is 1. The number of hydrogen-bond donors (Lipinski definition) is 1. The van der Waals surface area contributed by atoms with Crippen LogP contribution in [0.3, 0.4) is 0 Å². The van der Waals surface area contributed by atoms with E-state index in [0.29, 0.717) is 0 Å². The molecule has 0 atom stereocenters. The van der Waals surface area contributed by atoms with Crippen molar-refractivity contribution in [3.8, 4) is 0 Å². The number of thiol groups is 1. The van der Waals surface area contributed by atoms with Gasteiger partial charge in [-0.15, -0.1) is 0 Å². The summed E-state index contributed by atoms with van der Waals surface area (Å²) in [5.74, 6) is 0. The summed E-state index contributed by atoms with van der Waals surface area (Å²) in [5, 5.41) is -0.236. The van der Waals surface area contributed by atoms with Gasteiger partial charge >= 0.3 is 0 Å². The van der Waals surface area contributed by atoms with Crippen LogP contribution < -0.4 is 0 Å². The first-order valence-electron chi connectivity index (χ1n) is 6.07. The van der Waals surface area contributed by atoms with Crippen LogP contribution in [0.15, 0.2) is 24.6 Å². The van der Waals surface area contributed by atoms with E-state index in [1.54, 1.807) is 12.4 Å². The van der Waals surface area contributed by atoms with Crippen LogP contribution in [0.5, 0.6) is 0 Å². The average molecular weight is 241 g/mol. The molecule has 0 aliphatic rings. The molecule has 0 radical (unpaired) electrons. The van der Waals surface area contributed by atoms with Crippen LogP contribution in [0.2, 0.25) is 0 Å². The molecule has 0 aromatic heterocycles. The van der Waals surface area contributed by atoms with Crippen molar-refractivity contribution >= 4 is 17.9 Å². The largest absolute Gasteiger partial charge is 0.286 e. The normalized spacial score (nSPS) is 11.4. The van der Waals surface area contributed by atoms with Crippen molar-refractivity contribution in [1.29, 1.82) is 0 Å². The first-order chi connectivity index (χ1) is 7.72. The first-order valence-corrected chi connectivity index (χ1v) is 6.51. The van der Waals surface area contributed by atoms with Gasteiger partial charge in [-0.25, -0.2) is 0 Å². The van der Waals surface area contributed by atoms with Crippen molar-refractivity contribution in [2.24, 2.45) is 0 Å². The predicted octanol–water partition coefficient (Wildman–Crippen LogP) is 4.75. The van der Waals surface area contributed by atoms with Gasteiger partial charge in [0.25, 0.3) is 5.24 Å². The first kappa shape index (κ1) is 15.3. The van der Waals surface area contributed by atoms with Gasteiger partial charge in [-0.1, -0.05) is 64.3 Å². The lowest BCUT2D eigenvalue weighted by atomic mass is 10.2. The summed E-state index contributed by atoms with van der Waals surface area (Å²) in [4.78, 5) is 12.7. The third-order valence-electron chi connectivity index (χ3n) is 2.20. The van der Waals surface area contributed by atoms with Crippen molar-refractivity contribution in [2.45, 2.75) is 52.4 Å². The van der Waals surface area contributed by atoms with Gasteiger partial charge in [0, 0.05) is 12.4 Å². The number of carbonyl (C=O) groups is 1. The van der Waals surface area contributed by atoms with E-state index in [1.165, 1.54) is 17.7 Å². The Hall–Kier alpha value is -0.700. The predicted molar refractivity (Wildman–Crippen MR) is 73.6 cm³/mol. The number of carbonyl (C=O) groups excluding carboxylic acids is 1. The Morgan fingerprint density at radius 2 is 1.50 bits per heavy atom. The van der Waals surface area contributed by atoms with Crippen LogP contribution in [0.25, 0.3) is 0 Å². The van der Waals surface area contributed by atoms with E-state index < -0.39 is 0 Å². The fourth-order valence-electron chi connectivity index (χ4n) is 1.20. The highest BCUT2D eigenvalue weighted by atomic mass is 32.1. The van der Waals surface area contributed by atoms with Crippen molar-refractivity contribution in [3.63, 3.8) is 0 Å². The monoisotopic (exact) mass is 241 g/mol. The van der Waals surface area contributed by atoms with Crippen molar-refractivity contribution in [2.75, 3.05) is 0 Å². The molecule has 0 aliphatic carbocycles. The number of unbranched alkanes of at least 4 members (excludes halogenated alkanes) is 4. The fraction of sp³-hybridized carbons (Fsp3) is 0.615. The molecule has 0 aliphatic heterocycles. The van der Waals surface area contributed by atoms with Crippen LogP contribution in [-0.4, -0.2) is 10.1 Å². The summed E-state index contributed by atoms with van der Waals surface area (Å²) in [6, 6.07) is 0. The summed E-state index contributed by atoms with van der Waals surface area (Å²) < 4.78 is 0. The highest BCUT2D eigenvalue weighted by molar-refractivity contribution is 7.96. The second-order valence-corrected chi connectivity index (χ2v) is 4.13. The zero-order chi connectivity index (χ0) is 12.2. The molecule has 0 aromatic carbocycles. The average Bonchev–Trinajstić information content (AvgIpc) is 2.26. The van der Waals surface area contributed by atoms with Crippen LogP contribution in [0.4, 0.5) is 4.79 Å². The van der Waals surface area contributed by atoms with Gasteiger partial charge in [0.2, 0.25) is 0 Å². The molecule has 0 saturated heterocycles. The van der Waals surface area contributed by atoms with Gasteiger partial charge < -0.3 is 0 Å². The molecule has 3 heteroatoms. The molecule has 0 aromatic rings. The summed E-state index contributed by atoms with van der Waals surface area (Å²) in [6.07, 6.45) is 14.3. The molecule has 0 saturated carbocycles. The fourth-order valence-corrected chi connectivity index (χ4v) is 1.33. The van der Waals surface area contributed by atoms with Gasteiger partial charge in [-0.3, -0.25) is 9.69 Å². The Morgan fingerprint density at radius 1 is 1.06 bits per heavy atom. The maximum atomic E-state index is 11.2. The van der Waals surface area contributed by atoms with Gasteiger partial charge in [0.05, 0.1) is 0 Å². The van der Waals surface area contributed by atoms with Gasteiger partial charge in [-0.2, -0.15) is 0 Å². The van der Waals surface area contributed by atoms with Gasteiger partial charge in [-0.05, 0) is 12.8 Å². The summed E-state index contributed by atoms with van der Waals surface area (Å²) >= 11 is 3.83. The third kappa shape index (κ3) is 8.60. The molecular formula is C13H23NOS. The topological polar surface area (TPSA) is 20.3 Å². The maximum Gasteiger partial charge on any atom is 0.286 e. The minimum atomic E-state index is -0.236. The maximum absolute atomic E-state index is 11.2. The molecule has 92 valence electrons. The quantitative estimate of drug-likeness (QED) is 0.480. The zero-order valence-electron chi connectivity index (χ0n) is 10.4. The van der Waals surface area contributed by atoms with Crippen LogP contribution >= 0.6 is 12.6 Å². The second kappa shape index (κ2) is 10.8. The molecule has 0 heterocycles. The number of allylic oxidation sites excluding steroid dienone is 2. The number of rotatable bonds is 8. The van der Waals surface area contributed by atoms with E-state index in [-0.39, 0.29) is 5.24 Å². The molecule has 0 fully saturated rings. The Morgan fingerprint density at radius 3 is 1.81 bits per heavy atom. The Balaban J connectivity index is 4.01. The zero-order valence-corrected chi connectivity index (χ0v) is 11.2. The molecule has 2 nitrogen and oxygen atoms in total. The Bertz CT molecular complexity index is 218. The minimum absolute atomic E-state index is 0.236. The van der Waals surface area contributed by atoms with E-state index in [4.69, 9.17) is 0 Å². The summed E-state index contributed by atoms with van der Waals surface area (Å²) in [7, 11) is 0. The molecule has 0 spiro atoms. The molecule has 0 unspecified atom stereocenters. The van der Waals surface area contributed by atoms with Gasteiger partial charge in [0.1, 0.15) is 0 Å². The second-order valence-electron chi connectivity index (χ2n) is 3.74. The minimum Gasteiger partial charge on any atom is -0.286 e. The van der Waals surface area contributed by atoms with E-state index in [2.05, 4.69) is 26.5 Å². The van der Waals surface area contributed by atoms with Crippen LogP contribution in [0.1, 0.15) is 52.4 Å². The number of amides is 1.